The number of aryl methyl sites for hydroxylation is 1. The largest absolute Gasteiger partial charge is 0.353 e. The number of carbonyl (C=O) groups excluding carboxylic acids is 1. The van der Waals surface area contributed by atoms with E-state index in [-0.39, 0.29) is 11.9 Å². The van der Waals surface area contributed by atoms with Gasteiger partial charge >= 0.3 is 0 Å². The normalized spacial score (nSPS) is 20.1. The van der Waals surface area contributed by atoms with E-state index in [0.717, 1.165) is 23.2 Å². The molecule has 1 aliphatic rings. The third-order valence-corrected chi connectivity index (χ3v) is 3.77. The SMILES string of the molecule is Cc1c(C2NCCNC2=O)c2ccccc2n1C. The fourth-order valence-electron chi connectivity index (χ4n) is 2.74. The van der Waals surface area contributed by atoms with E-state index >= 15 is 0 Å². The van der Waals surface area contributed by atoms with E-state index in [1.54, 1.807) is 0 Å². The first-order valence-corrected chi connectivity index (χ1v) is 6.25. The summed E-state index contributed by atoms with van der Waals surface area (Å²) < 4.78 is 2.15. The van der Waals surface area contributed by atoms with Crippen molar-refractivity contribution in [2.24, 2.45) is 7.05 Å². The number of rotatable bonds is 1. The third-order valence-electron chi connectivity index (χ3n) is 3.77. The van der Waals surface area contributed by atoms with Crippen molar-refractivity contribution in [3.8, 4) is 0 Å². The van der Waals surface area contributed by atoms with E-state index in [9.17, 15) is 4.79 Å². The van der Waals surface area contributed by atoms with E-state index < -0.39 is 0 Å². The highest BCUT2D eigenvalue weighted by Gasteiger charge is 2.28. The molecule has 3 rings (SSSR count). The molecule has 2 heterocycles. The third kappa shape index (κ3) is 1.53. The lowest BCUT2D eigenvalue weighted by Crippen LogP contribution is -2.47. The van der Waals surface area contributed by atoms with E-state index in [1.165, 1.54) is 5.52 Å². The molecule has 0 aliphatic carbocycles. The molecule has 1 amide bonds. The molecule has 0 spiro atoms. The molecule has 2 N–H and O–H groups in total. The zero-order chi connectivity index (χ0) is 12.7. The minimum Gasteiger partial charge on any atom is -0.353 e. The highest BCUT2D eigenvalue weighted by molar-refractivity contribution is 5.93. The number of hydrogen-bond acceptors (Lipinski definition) is 2. The zero-order valence-corrected chi connectivity index (χ0v) is 10.7. The van der Waals surface area contributed by atoms with Gasteiger partial charge in [0.2, 0.25) is 5.91 Å². The van der Waals surface area contributed by atoms with E-state index in [1.807, 2.05) is 19.2 Å². The highest BCUT2D eigenvalue weighted by atomic mass is 16.2. The van der Waals surface area contributed by atoms with Crippen molar-refractivity contribution in [2.75, 3.05) is 13.1 Å². The predicted molar refractivity (Wildman–Crippen MR) is 71.4 cm³/mol. The van der Waals surface area contributed by atoms with E-state index in [2.05, 4.69) is 34.3 Å². The second-order valence-electron chi connectivity index (χ2n) is 4.75. The molecule has 1 unspecified atom stereocenters. The first-order valence-electron chi connectivity index (χ1n) is 6.25. The number of para-hydroxylation sites is 1. The van der Waals surface area contributed by atoms with Gasteiger partial charge in [0.1, 0.15) is 6.04 Å². The number of benzene rings is 1. The molecule has 4 nitrogen and oxygen atoms in total. The van der Waals surface area contributed by atoms with Crippen LogP contribution in [0.25, 0.3) is 10.9 Å². The Bertz CT molecular complexity index is 615. The van der Waals surface area contributed by atoms with Gasteiger partial charge in [-0.3, -0.25) is 4.79 Å². The van der Waals surface area contributed by atoms with Crippen LogP contribution in [-0.4, -0.2) is 23.6 Å². The summed E-state index contributed by atoms with van der Waals surface area (Å²) in [6.45, 7) is 3.59. The topological polar surface area (TPSA) is 46.1 Å². The molecule has 2 aromatic rings. The summed E-state index contributed by atoms with van der Waals surface area (Å²) in [6, 6.07) is 7.99. The van der Waals surface area contributed by atoms with Crippen molar-refractivity contribution in [1.29, 1.82) is 0 Å². The number of nitrogens with zero attached hydrogens (tertiary/aromatic N) is 1. The van der Waals surface area contributed by atoms with Gasteiger partial charge in [0.15, 0.2) is 0 Å². The van der Waals surface area contributed by atoms with Crippen molar-refractivity contribution in [2.45, 2.75) is 13.0 Å². The number of aromatic nitrogens is 1. The van der Waals surface area contributed by atoms with Crippen LogP contribution in [0.2, 0.25) is 0 Å². The summed E-state index contributed by atoms with van der Waals surface area (Å²) >= 11 is 0. The zero-order valence-electron chi connectivity index (χ0n) is 10.7. The molecule has 4 heteroatoms. The van der Waals surface area contributed by atoms with Crippen molar-refractivity contribution in [3.05, 3.63) is 35.5 Å². The molecular formula is C14H17N3O. The van der Waals surface area contributed by atoms with Gasteiger partial charge in [-0.2, -0.15) is 0 Å². The summed E-state index contributed by atoms with van der Waals surface area (Å²) in [6.07, 6.45) is 0. The van der Waals surface area contributed by atoms with Gasteiger partial charge in [-0.1, -0.05) is 18.2 Å². The fraction of sp³-hybridized carbons (Fsp3) is 0.357. The summed E-state index contributed by atoms with van der Waals surface area (Å²) in [5.74, 6) is 0.0701. The van der Waals surface area contributed by atoms with Crippen LogP contribution in [0, 0.1) is 6.92 Å². The van der Waals surface area contributed by atoms with Gasteiger partial charge in [0.05, 0.1) is 0 Å². The van der Waals surface area contributed by atoms with Crippen LogP contribution in [0.4, 0.5) is 0 Å². The fourth-order valence-corrected chi connectivity index (χ4v) is 2.74. The maximum absolute atomic E-state index is 12.0. The Labute approximate surface area is 106 Å². The minimum absolute atomic E-state index is 0.0701. The van der Waals surface area contributed by atoms with Crippen molar-refractivity contribution in [3.63, 3.8) is 0 Å². The van der Waals surface area contributed by atoms with Crippen LogP contribution in [0.1, 0.15) is 17.3 Å². The average molecular weight is 243 g/mol. The van der Waals surface area contributed by atoms with Crippen LogP contribution in [0.5, 0.6) is 0 Å². The lowest BCUT2D eigenvalue weighted by molar-refractivity contribution is -0.124. The van der Waals surface area contributed by atoms with E-state index in [4.69, 9.17) is 0 Å². The Morgan fingerprint density at radius 3 is 2.83 bits per heavy atom. The summed E-state index contributed by atoms with van der Waals surface area (Å²) in [5.41, 5.74) is 3.42. The molecule has 1 aromatic heterocycles. The summed E-state index contributed by atoms with van der Waals surface area (Å²) in [4.78, 5) is 12.0. The minimum atomic E-state index is -0.232. The van der Waals surface area contributed by atoms with E-state index in [0.29, 0.717) is 6.54 Å². The van der Waals surface area contributed by atoms with Crippen molar-refractivity contribution < 1.29 is 4.79 Å². The lowest BCUT2D eigenvalue weighted by atomic mass is 10.0. The first kappa shape index (κ1) is 11.3. The Morgan fingerprint density at radius 2 is 2.06 bits per heavy atom. The number of fused-ring (bicyclic) bond motifs is 1. The smallest absolute Gasteiger partial charge is 0.241 e. The molecule has 0 radical (unpaired) electrons. The summed E-state index contributed by atoms with van der Waals surface area (Å²) in [7, 11) is 2.04. The molecule has 1 aliphatic heterocycles. The molecule has 0 saturated carbocycles. The second-order valence-corrected chi connectivity index (χ2v) is 4.75. The van der Waals surface area contributed by atoms with Gasteiger partial charge in [-0.05, 0) is 13.0 Å². The molecule has 1 atom stereocenters. The molecule has 1 saturated heterocycles. The number of carbonyl (C=O) groups is 1. The highest BCUT2D eigenvalue weighted by Crippen LogP contribution is 2.30. The number of amides is 1. The van der Waals surface area contributed by atoms with Gasteiger partial charge in [0, 0.05) is 42.3 Å². The Kier molecular flexibility index (Phi) is 2.59. The lowest BCUT2D eigenvalue weighted by Gasteiger charge is -2.24. The van der Waals surface area contributed by atoms with Crippen LogP contribution >= 0.6 is 0 Å². The Balaban J connectivity index is 2.22. The molecule has 1 fully saturated rings. The van der Waals surface area contributed by atoms with Crippen LogP contribution in [0.15, 0.2) is 24.3 Å². The second kappa shape index (κ2) is 4.14. The summed E-state index contributed by atoms with van der Waals surface area (Å²) in [5, 5.41) is 7.39. The molecule has 94 valence electrons. The van der Waals surface area contributed by atoms with Crippen molar-refractivity contribution in [1.82, 2.24) is 15.2 Å². The van der Waals surface area contributed by atoms with Crippen LogP contribution < -0.4 is 10.6 Å². The van der Waals surface area contributed by atoms with Crippen molar-refractivity contribution >= 4 is 16.8 Å². The number of nitrogens with one attached hydrogen (secondary N) is 2. The molecular weight excluding hydrogens is 226 g/mol. The molecule has 1 aromatic carbocycles. The molecule has 18 heavy (non-hydrogen) atoms. The first-order chi connectivity index (χ1) is 8.70. The van der Waals surface area contributed by atoms with Crippen LogP contribution in [-0.2, 0) is 11.8 Å². The maximum atomic E-state index is 12.0. The van der Waals surface area contributed by atoms with Gasteiger partial charge in [-0.15, -0.1) is 0 Å². The Morgan fingerprint density at radius 1 is 1.28 bits per heavy atom. The number of piperazine rings is 1. The molecule has 0 bridgehead atoms. The maximum Gasteiger partial charge on any atom is 0.241 e. The Hall–Kier alpha value is -1.81. The monoisotopic (exact) mass is 243 g/mol. The van der Waals surface area contributed by atoms with Gasteiger partial charge in [-0.25, -0.2) is 0 Å². The van der Waals surface area contributed by atoms with Gasteiger partial charge in [0.25, 0.3) is 0 Å². The van der Waals surface area contributed by atoms with Crippen LogP contribution in [0.3, 0.4) is 0 Å². The standard InChI is InChI=1S/C14H17N3O/c1-9-12(13-14(18)16-8-7-15-13)10-5-3-4-6-11(10)17(9)2/h3-6,13,15H,7-8H2,1-2H3,(H,16,18). The van der Waals surface area contributed by atoms with Gasteiger partial charge < -0.3 is 15.2 Å². The quantitative estimate of drug-likeness (QED) is 0.791. The average Bonchev–Trinajstić information content (AvgIpc) is 2.64. The number of hydrogen-bond donors (Lipinski definition) is 2. The predicted octanol–water partition coefficient (Wildman–Crippen LogP) is 1.25.